The molecule has 0 spiro atoms. The molecule has 1 aromatic rings. The predicted molar refractivity (Wildman–Crippen MR) is 57.9 cm³/mol. The number of rotatable bonds is 4. The van der Waals surface area contributed by atoms with Crippen LogP contribution in [0, 0.1) is 11.6 Å². The highest BCUT2D eigenvalue weighted by Gasteiger charge is 2.11. The van der Waals surface area contributed by atoms with Crippen molar-refractivity contribution in [2.75, 3.05) is 18.5 Å². The standard InChI is InChI=1S/C11H16F2N2/c1-8(5-6-14)15(2)9-3-4-10(12)11(13)7-9/h3-4,7-8H,5-6,14H2,1-2H3. The van der Waals surface area contributed by atoms with Crippen LogP contribution in [0.3, 0.4) is 0 Å². The Labute approximate surface area is 88.7 Å². The van der Waals surface area contributed by atoms with E-state index in [1.54, 1.807) is 6.07 Å². The Balaban J connectivity index is 2.81. The second-order valence-electron chi connectivity index (χ2n) is 3.64. The average Bonchev–Trinajstić information content (AvgIpc) is 2.21. The minimum absolute atomic E-state index is 0.208. The third kappa shape index (κ3) is 2.89. The molecule has 0 aromatic heterocycles. The molecule has 0 saturated carbocycles. The monoisotopic (exact) mass is 214 g/mol. The summed E-state index contributed by atoms with van der Waals surface area (Å²) in [5.74, 6) is -1.64. The number of anilines is 1. The van der Waals surface area contributed by atoms with Crippen LogP contribution >= 0.6 is 0 Å². The van der Waals surface area contributed by atoms with Crippen LogP contribution in [0.15, 0.2) is 18.2 Å². The van der Waals surface area contributed by atoms with E-state index in [1.165, 1.54) is 6.07 Å². The second-order valence-corrected chi connectivity index (χ2v) is 3.64. The van der Waals surface area contributed by atoms with Crippen molar-refractivity contribution in [3.63, 3.8) is 0 Å². The molecule has 0 heterocycles. The zero-order valence-corrected chi connectivity index (χ0v) is 9.00. The van der Waals surface area contributed by atoms with Crippen molar-refractivity contribution in [2.45, 2.75) is 19.4 Å². The van der Waals surface area contributed by atoms with E-state index in [4.69, 9.17) is 5.73 Å². The fourth-order valence-electron chi connectivity index (χ4n) is 1.39. The van der Waals surface area contributed by atoms with Crippen molar-refractivity contribution in [3.8, 4) is 0 Å². The quantitative estimate of drug-likeness (QED) is 0.832. The van der Waals surface area contributed by atoms with Crippen LogP contribution in [0.5, 0.6) is 0 Å². The summed E-state index contributed by atoms with van der Waals surface area (Å²) in [5.41, 5.74) is 6.10. The van der Waals surface area contributed by atoms with Gasteiger partial charge in [0.05, 0.1) is 0 Å². The van der Waals surface area contributed by atoms with Gasteiger partial charge in [-0.05, 0) is 32.0 Å². The zero-order valence-electron chi connectivity index (χ0n) is 9.00. The van der Waals surface area contributed by atoms with Crippen molar-refractivity contribution in [2.24, 2.45) is 5.73 Å². The van der Waals surface area contributed by atoms with Gasteiger partial charge in [-0.1, -0.05) is 0 Å². The zero-order chi connectivity index (χ0) is 11.4. The van der Waals surface area contributed by atoms with E-state index >= 15 is 0 Å². The summed E-state index contributed by atoms with van der Waals surface area (Å²) >= 11 is 0. The van der Waals surface area contributed by atoms with E-state index in [2.05, 4.69) is 0 Å². The molecule has 0 bridgehead atoms. The Kier molecular flexibility index (Phi) is 4.03. The fraction of sp³-hybridized carbons (Fsp3) is 0.455. The highest BCUT2D eigenvalue weighted by atomic mass is 19.2. The Morgan fingerprint density at radius 1 is 1.33 bits per heavy atom. The molecule has 1 atom stereocenters. The molecule has 0 fully saturated rings. The van der Waals surface area contributed by atoms with Crippen LogP contribution in [-0.2, 0) is 0 Å². The Morgan fingerprint density at radius 2 is 2.00 bits per heavy atom. The molecular weight excluding hydrogens is 198 g/mol. The molecule has 1 unspecified atom stereocenters. The first-order valence-corrected chi connectivity index (χ1v) is 4.94. The van der Waals surface area contributed by atoms with Gasteiger partial charge in [0, 0.05) is 24.8 Å². The summed E-state index contributed by atoms with van der Waals surface area (Å²) in [6.45, 7) is 2.57. The van der Waals surface area contributed by atoms with Gasteiger partial charge in [0.25, 0.3) is 0 Å². The number of benzene rings is 1. The van der Waals surface area contributed by atoms with E-state index < -0.39 is 11.6 Å². The van der Waals surface area contributed by atoms with Crippen LogP contribution in [-0.4, -0.2) is 19.6 Å². The molecule has 0 aliphatic carbocycles. The van der Waals surface area contributed by atoms with Crippen molar-refractivity contribution >= 4 is 5.69 Å². The molecule has 84 valence electrons. The van der Waals surface area contributed by atoms with Gasteiger partial charge in [0.15, 0.2) is 11.6 Å². The van der Waals surface area contributed by atoms with Crippen LogP contribution in [0.4, 0.5) is 14.5 Å². The second kappa shape index (κ2) is 5.07. The lowest BCUT2D eigenvalue weighted by Crippen LogP contribution is -2.30. The first-order chi connectivity index (χ1) is 7.06. The molecular formula is C11H16F2N2. The minimum Gasteiger partial charge on any atom is -0.372 e. The van der Waals surface area contributed by atoms with Crippen molar-refractivity contribution in [1.29, 1.82) is 0 Å². The molecule has 1 aromatic carbocycles. The Bertz CT molecular complexity index is 328. The molecule has 15 heavy (non-hydrogen) atoms. The molecule has 0 saturated heterocycles. The first-order valence-electron chi connectivity index (χ1n) is 4.94. The first kappa shape index (κ1) is 11.9. The van der Waals surface area contributed by atoms with E-state index in [1.807, 2.05) is 18.9 Å². The molecule has 0 amide bonds. The summed E-state index contributed by atoms with van der Waals surface area (Å²) in [6, 6.07) is 4.10. The molecule has 2 nitrogen and oxygen atoms in total. The molecule has 0 aliphatic rings. The molecule has 0 aliphatic heterocycles. The average molecular weight is 214 g/mol. The maximum absolute atomic E-state index is 13.0. The van der Waals surface area contributed by atoms with Crippen molar-refractivity contribution in [1.82, 2.24) is 0 Å². The van der Waals surface area contributed by atoms with E-state index in [0.29, 0.717) is 12.2 Å². The summed E-state index contributed by atoms with van der Waals surface area (Å²) in [6.07, 6.45) is 0.815. The number of nitrogens with two attached hydrogens (primary N) is 1. The maximum atomic E-state index is 13.0. The number of hydrogen-bond acceptors (Lipinski definition) is 2. The van der Waals surface area contributed by atoms with E-state index in [-0.39, 0.29) is 6.04 Å². The summed E-state index contributed by atoms with van der Waals surface area (Å²) < 4.78 is 25.7. The number of hydrogen-bond donors (Lipinski definition) is 1. The summed E-state index contributed by atoms with van der Waals surface area (Å²) in [5, 5.41) is 0. The molecule has 2 N–H and O–H groups in total. The lowest BCUT2D eigenvalue weighted by molar-refractivity contribution is 0.507. The van der Waals surface area contributed by atoms with Gasteiger partial charge in [0.2, 0.25) is 0 Å². The van der Waals surface area contributed by atoms with Gasteiger partial charge >= 0.3 is 0 Å². The number of nitrogens with zero attached hydrogens (tertiary/aromatic N) is 1. The van der Waals surface area contributed by atoms with Gasteiger partial charge < -0.3 is 10.6 Å². The van der Waals surface area contributed by atoms with Crippen molar-refractivity contribution in [3.05, 3.63) is 29.8 Å². The van der Waals surface area contributed by atoms with Crippen LogP contribution in [0.2, 0.25) is 0 Å². The predicted octanol–water partition coefficient (Wildman–Crippen LogP) is 2.14. The van der Waals surface area contributed by atoms with Crippen LogP contribution < -0.4 is 10.6 Å². The third-order valence-electron chi connectivity index (χ3n) is 2.56. The topological polar surface area (TPSA) is 29.3 Å². The van der Waals surface area contributed by atoms with Crippen LogP contribution in [0.1, 0.15) is 13.3 Å². The fourth-order valence-corrected chi connectivity index (χ4v) is 1.39. The highest BCUT2D eigenvalue weighted by Crippen LogP contribution is 2.19. The van der Waals surface area contributed by atoms with E-state index in [0.717, 1.165) is 12.5 Å². The third-order valence-corrected chi connectivity index (χ3v) is 2.56. The molecule has 0 radical (unpaired) electrons. The van der Waals surface area contributed by atoms with Gasteiger partial charge in [-0.15, -0.1) is 0 Å². The van der Waals surface area contributed by atoms with Crippen molar-refractivity contribution < 1.29 is 8.78 Å². The minimum atomic E-state index is -0.821. The SMILES string of the molecule is CC(CCN)N(C)c1ccc(F)c(F)c1. The van der Waals surface area contributed by atoms with Gasteiger partial charge in [-0.25, -0.2) is 8.78 Å². The lowest BCUT2D eigenvalue weighted by atomic mass is 10.2. The molecule has 1 rings (SSSR count). The summed E-state index contributed by atoms with van der Waals surface area (Å²) in [4.78, 5) is 1.88. The Morgan fingerprint density at radius 3 is 2.53 bits per heavy atom. The van der Waals surface area contributed by atoms with Gasteiger partial charge in [-0.2, -0.15) is 0 Å². The maximum Gasteiger partial charge on any atom is 0.160 e. The normalized spacial score (nSPS) is 12.6. The lowest BCUT2D eigenvalue weighted by Gasteiger charge is -2.26. The largest absolute Gasteiger partial charge is 0.372 e. The summed E-state index contributed by atoms with van der Waals surface area (Å²) in [7, 11) is 1.84. The smallest absolute Gasteiger partial charge is 0.160 e. The van der Waals surface area contributed by atoms with Gasteiger partial charge in [-0.3, -0.25) is 0 Å². The highest BCUT2D eigenvalue weighted by molar-refractivity contribution is 5.46. The van der Waals surface area contributed by atoms with Gasteiger partial charge in [0.1, 0.15) is 0 Å². The van der Waals surface area contributed by atoms with Crippen LogP contribution in [0.25, 0.3) is 0 Å². The van der Waals surface area contributed by atoms with E-state index in [9.17, 15) is 8.78 Å². The molecule has 4 heteroatoms. The number of halogens is 2. The Hall–Kier alpha value is -1.16.